The Morgan fingerprint density at radius 3 is 2.05 bits per heavy atom. The van der Waals surface area contributed by atoms with Gasteiger partial charge in [0.05, 0.1) is 14.2 Å². The number of hydrogen-bond acceptors (Lipinski definition) is 4. The monoisotopic (exact) mass is 279 g/mol. The molecule has 1 aromatic carbocycles. The molecule has 1 atom stereocenters. The molecule has 1 rings (SSSR count). The minimum atomic E-state index is -4.40. The standard InChI is InChI=1S/C12H16F3NO3/c1-17-9-4-3-5-10(18-2)11(9)19-7-8(6-16)12(13,14)15/h3-5,8H,6-7,16H2,1-2H3. The van der Waals surface area contributed by atoms with Gasteiger partial charge in [-0.2, -0.15) is 13.2 Å². The number of halogens is 3. The molecule has 4 nitrogen and oxygen atoms in total. The quantitative estimate of drug-likeness (QED) is 0.867. The van der Waals surface area contributed by atoms with E-state index >= 15 is 0 Å². The molecule has 0 aliphatic heterocycles. The van der Waals surface area contributed by atoms with Crippen molar-refractivity contribution in [2.75, 3.05) is 27.4 Å². The largest absolute Gasteiger partial charge is 0.493 e. The molecule has 0 aliphatic rings. The van der Waals surface area contributed by atoms with E-state index in [4.69, 9.17) is 19.9 Å². The van der Waals surface area contributed by atoms with Crippen molar-refractivity contribution in [3.05, 3.63) is 18.2 Å². The van der Waals surface area contributed by atoms with Crippen molar-refractivity contribution in [2.45, 2.75) is 6.18 Å². The van der Waals surface area contributed by atoms with Gasteiger partial charge in [-0.3, -0.25) is 0 Å². The molecule has 2 N–H and O–H groups in total. The zero-order valence-corrected chi connectivity index (χ0v) is 10.7. The van der Waals surface area contributed by atoms with E-state index in [1.165, 1.54) is 14.2 Å². The highest BCUT2D eigenvalue weighted by Crippen LogP contribution is 2.37. The lowest BCUT2D eigenvalue weighted by Gasteiger charge is -2.20. The van der Waals surface area contributed by atoms with Crippen LogP contribution in [-0.2, 0) is 0 Å². The average molecular weight is 279 g/mol. The Bertz CT molecular complexity index is 387. The summed E-state index contributed by atoms with van der Waals surface area (Å²) in [6, 6.07) is 4.79. The summed E-state index contributed by atoms with van der Waals surface area (Å²) < 4.78 is 52.9. The van der Waals surface area contributed by atoms with Crippen molar-refractivity contribution in [3.63, 3.8) is 0 Å². The van der Waals surface area contributed by atoms with Crippen molar-refractivity contribution in [1.29, 1.82) is 0 Å². The molecule has 0 aliphatic carbocycles. The van der Waals surface area contributed by atoms with E-state index in [9.17, 15) is 13.2 Å². The predicted octanol–water partition coefficient (Wildman–Crippen LogP) is 2.22. The summed E-state index contributed by atoms with van der Waals surface area (Å²) in [5.74, 6) is -0.994. The zero-order chi connectivity index (χ0) is 14.5. The molecule has 0 radical (unpaired) electrons. The topological polar surface area (TPSA) is 53.7 Å². The molecule has 1 aromatic rings. The normalized spacial score (nSPS) is 12.9. The molecule has 108 valence electrons. The van der Waals surface area contributed by atoms with Gasteiger partial charge in [0, 0.05) is 6.54 Å². The maximum atomic E-state index is 12.6. The number of alkyl halides is 3. The van der Waals surface area contributed by atoms with Crippen LogP contribution in [0, 0.1) is 5.92 Å². The smallest absolute Gasteiger partial charge is 0.396 e. The average Bonchev–Trinajstić information content (AvgIpc) is 2.37. The van der Waals surface area contributed by atoms with Crippen LogP contribution in [0.15, 0.2) is 18.2 Å². The van der Waals surface area contributed by atoms with E-state index in [0.29, 0.717) is 11.5 Å². The predicted molar refractivity (Wildman–Crippen MR) is 63.6 cm³/mol. The van der Waals surface area contributed by atoms with Gasteiger partial charge in [0.25, 0.3) is 0 Å². The number of para-hydroxylation sites is 1. The van der Waals surface area contributed by atoms with Crippen molar-refractivity contribution < 1.29 is 27.4 Å². The van der Waals surface area contributed by atoms with Gasteiger partial charge in [0.1, 0.15) is 12.5 Å². The van der Waals surface area contributed by atoms with Crippen molar-refractivity contribution in [2.24, 2.45) is 11.7 Å². The van der Waals surface area contributed by atoms with Gasteiger partial charge < -0.3 is 19.9 Å². The number of nitrogens with two attached hydrogens (primary N) is 1. The van der Waals surface area contributed by atoms with Gasteiger partial charge in [-0.05, 0) is 12.1 Å². The molecule has 0 saturated carbocycles. The Labute approximate surface area is 109 Å². The molecule has 0 bridgehead atoms. The minimum Gasteiger partial charge on any atom is -0.493 e. The van der Waals surface area contributed by atoms with Crippen molar-refractivity contribution >= 4 is 0 Å². The van der Waals surface area contributed by atoms with E-state index < -0.39 is 25.2 Å². The lowest BCUT2D eigenvalue weighted by atomic mass is 10.1. The van der Waals surface area contributed by atoms with Gasteiger partial charge in [-0.15, -0.1) is 0 Å². The van der Waals surface area contributed by atoms with Crippen LogP contribution < -0.4 is 19.9 Å². The SMILES string of the molecule is COc1cccc(OC)c1OCC(CN)C(F)(F)F. The van der Waals surface area contributed by atoms with Gasteiger partial charge >= 0.3 is 6.18 Å². The second-order valence-electron chi connectivity index (χ2n) is 3.78. The lowest BCUT2D eigenvalue weighted by Crippen LogP contribution is -2.35. The van der Waals surface area contributed by atoms with Gasteiger partial charge in [0.15, 0.2) is 11.5 Å². The molecule has 1 unspecified atom stereocenters. The van der Waals surface area contributed by atoms with Crippen LogP contribution in [0.25, 0.3) is 0 Å². The Balaban J connectivity index is 2.87. The summed E-state index contributed by atoms with van der Waals surface area (Å²) in [5.41, 5.74) is 5.10. The number of rotatable bonds is 6. The molecule has 0 amide bonds. The third-order valence-electron chi connectivity index (χ3n) is 2.56. The maximum absolute atomic E-state index is 12.6. The first kappa shape index (κ1) is 15.4. The Hall–Kier alpha value is -1.63. The first-order valence-corrected chi connectivity index (χ1v) is 5.54. The fourth-order valence-corrected chi connectivity index (χ4v) is 1.44. The van der Waals surface area contributed by atoms with Gasteiger partial charge in [-0.1, -0.05) is 6.07 Å². The second kappa shape index (κ2) is 6.51. The first-order valence-electron chi connectivity index (χ1n) is 5.54. The van der Waals surface area contributed by atoms with Crippen LogP contribution in [0.5, 0.6) is 17.2 Å². The van der Waals surface area contributed by atoms with Crippen LogP contribution in [-0.4, -0.2) is 33.5 Å². The maximum Gasteiger partial charge on any atom is 0.396 e. The van der Waals surface area contributed by atoms with Crippen LogP contribution in [0.4, 0.5) is 13.2 Å². The molecule has 0 heterocycles. The van der Waals surface area contributed by atoms with E-state index in [1.54, 1.807) is 18.2 Å². The molecular formula is C12H16F3NO3. The summed E-state index contributed by atoms with van der Waals surface area (Å²) >= 11 is 0. The molecule has 0 spiro atoms. The Morgan fingerprint density at radius 2 is 1.68 bits per heavy atom. The molecule has 0 fully saturated rings. The first-order chi connectivity index (χ1) is 8.93. The number of hydrogen-bond donors (Lipinski definition) is 1. The lowest BCUT2D eigenvalue weighted by molar-refractivity contribution is -0.178. The third-order valence-corrected chi connectivity index (χ3v) is 2.56. The van der Waals surface area contributed by atoms with Gasteiger partial charge in [0.2, 0.25) is 5.75 Å². The summed E-state index contributed by atoms with van der Waals surface area (Å²) in [5, 5.41) is 0. The number of benzene rings is 1. The fourth-order valence-electron chi connectivity index (χ4n) is 1.44. The second-order valence-corrected chi connectivity index (χ2v) is 3.78. The summed E-state index contributed by atoms with van der Waals surface area (Å²) in [4.78, 5) is 0. The number of methoxy groups -OCH3 is 2. The minimum absolute atomic E-state index is 0.134. The third kappa shape index (κ3) is 3.92. The van der Waals surface area contributed by atoms with E-state index in [0.717, 1.165) is 0 Å². The Kier molecular flexibility index (Phi) is 5.29. The molecule has 7 heteroatoms. The molecule has 19 heavy (non-hydrogen) atoms. The van der Waals surface area contributed by atoms with Gasteiger partial charge in [-0.25, -0.2) is 0 Å². The molecular weight excluding hydrogens is 263 g/mol. The van der Waals surface area contributed by atoms with E-state index in [2.05, 4.69) is 0 Å². The Morgan fingerprint density at radius 1 is 1.16 bits per heavy atom. The zero-order valence-electron chi connectivity index (χ0n) is 10.7. The highest BCUT2D eigenvalue weighted by Gasteiger charge is 2.39. The van der Waals surface area contributed by atoms with Crippen LogP contribution >= 0.6 is 0 Å². The van der Waals surface area contributed by atoms with Crippen molar-refractivity contribution in [3.8, 4) is 17.2 Å². The fraction of sp³-hybridized carbons (Fsp3) is 0.500. The highest BCUT2D eigenvalue weighted by molar-refractivity contribution is 5.51. The van der Waals surface area contributed by atoms with E-state index in [1.807, 2.05) is 0 Å². The molecule has 0 aromatic heterocycles. The highest BCUT2D eigenvalue weighted by atomic mass is 19.4. The summed E-state index contributed by atoms with van der Waals surface area (Å²) in [7, 11) is 2.79. The van der Waals surface area contributed by atoms with E-state index in [-0.39, 0.29) is 5.75 Å². The summed E-state index contributed by atoms with van der Waals surface area (Å²) in [6.45, 7) is -1.13. The molecule has 0 saturated heterocycles. The summed E-state index contributed by atoms with van der Waals surface area (Å²) in [6.07, 6.45) is -4.40. The van der Waals surface area contributed by atoms with Crippen LogP contribution in [0.3, 0.4) is 0 Å². The number of ether oxygens (including phenoxy) is 3. The van der Waals surface area contributed by atoms with Crippen molar-refractivity contribution in [1.82, 2.24) is 0 Å². The van der Waals surface area contributed by atoms with Crippen LogP contribution in [0.2, 0.25) is 0 Å². The van der Waals surface area contributed by atoms with Crippen LogP contribution in [0.1, 0.15) is 0 Å².